The molecule has 3 nitrogen and oxygen atoms in total. The van der Waals surface area contributed by atoms with Crippen molar-refractivity contribution >= 4 is 11.6 Å². The molecule has 0 saturated carbocycles. The molecule has 0 unspecified atom stereocenters. The van der Waals surface area contributed by atoms with Crippen LogP contribution in [0.2, 0.25) is 5.02 Å². The maximum atomic E-state index is 6.32. The summed E-state index contributed by atoms with van der Waals surface area (Å²) in [5, 5.41) is 0.742. The van der Waals surface area contributed by atoms with Crippen LogP contribution in [0.3, 0.4) is 0 Å². The number of likely N-dealkylation sites (N-methyl/N-ethyl adjacent to an activating group) is 1. The van der Waals surface area contributed by atoms with Gasteiger partial charge in [0, 0.05) is 26.2 Å². The number of rotatable bonds is 6. The fraction of sp³-hybridized carbons (Fsp3) is 0.647. The van der Waals surface area contributed by atoms with Crippen LogP contribution in [0.4, 0.5) is 0 Å². The van der Waals surface area contributed by atoms with Gasteiger partial charge in [-0.05, 0) is 57.5 Å². The first-order valence-corrected chi connectivity index (χ1v) is 8.30. The van der Waals surface area contributed by atoms with E-state index in [-0.39, 0.29) is 0 Å². The lowest BCUT2D eigenvalue weighted by Crippen LogP contribution is -2.44. The molecule has 1 aromatic carbocycles. The third-order valence-corrected chi connectivity index (χ3v) is 4.35. The third kappa shape index (κ3) is 4.87. The SMILES string of the molecule is CCOc1c(Cl)cc(C)cc1CCCN1CCN(C)CC1. The van der Waals surface area contributed by atoms with Crippen molar-refractivity contribution in [2.24, 2.45) is 0 Å². The van der Waals surface area contributed by atoms with Crippen LogP contribution in [-0.4, -0.2) is 56.2 Å². The van der Waals surface area contributed by atoms with Gasteiger partial charge in [-0.3, -0.25) is 0 Å². The third-order valence-electron chi connectivity index (χ3n) is 4.07. The summed E-state index contributed by atoms with van der Waals surface area (Å²) in [4.78, 5) is 4.95. The minimum atomic E-state index is 0.661. The largest absolute Gasteiger partial charge is 0.492 e. The van der Waals surface area contributed by atoms with Crippen LogP contribution in [0.5, 0.6) is 5.75 Å². The number of ether oxygens (including phenoxy) is 1. The van der Waals surface area contributed by atoms with Gasteiger partial charge in [0.15, 0.2) is 0 Å². The van der Waals surface area contributed by atoms with Gasteiger partial charge in [0.25, 0.3) is 0 Å². The average Bonchev–Trinajstić information content (AvgIpc) is 2.44. The van der Waals surface area contributed by atoms with Gasteiger partial charge >= 0.3 is 0 Å². The quantitative estimate of drug-likeness (QED) is 0.802. The maximum Gasteiger partial charge on any atom is 0.141 e. The number of hydrogen-bond acceptors (Lipinski definition) is 3. The van der Waals surface area contributed by atoms with Gasteiger partial charge in [-0.15, -0.1) is 0 Å². The van der Waals surface area contributed by atoms with Crippen LogP contribution in [0.25, 0.3) is 0 Å². The summed E-state index contributed by atoms with van der Waals surface area (Å²) in [7, 11) is 2.19. The van der Waals surface area contributed by atoms with E-state index < -0.39 is 0 Å². The van der Waals surface area contributed by atoms with Gasteiger partial charge < -0.3 is 14.5 Å². The number of halogens is 1. The van der Waals surface area contributed by atoms with Crippen molar-refractivity contribution < 1.29 is 4.74 Å². The van der Waals surface area contributed by atoms with E-state index in [2.05, 4.69) is 29.8 Å². The van der Waals surface area contributed by atoms with E-state index in [1.807, 2.05) is 13.0 Å². The molecular formula is C17H27ClN2O. The Balaban J connectivity index is 1.90. The molecule has 21 heavy (non-hydrogen) atoms. The molecule has 1 aliphatic heterocycles. The van der Waals surface area contributed by atoms with Gasteiger partial charge in [-0.2, -0.15) is 0 Å². The number of aryl methyl sites for hydroxylation is 2. The van der Waals surface area contributed by atoms with Gasteiger partial charge in [0.1, 0.15) is 5.75 Å². The van der Waals surface area contributed by atoms with E-state index in [1.54, 1.807) is 0 Å². The molecule has 2 rings (SSSR count). The van der Waals surface area contributed by atoms with Crippen molar-refractivity contribution in [1.29, 1.82) is 0 Å². The normalized spacial score (nSPS) is 17.1. The summed E-state index contributed by atoms with van der Waals surface area (Å²) in [5.74, 6) is 0.878. The molecule has 0 bridgehead atoms. The first-order valence-electron chi connectivity index (χ1n) is 7.93. The predicted molar refractivity (Wildman–Crippen MR) is 89.6 cm³/mol. The maximum absolute atomic E-state index is 6.32. The molecule has 0 radical (unpaired) electrons. The van der Waals surface area contributed by atoms with Gasteiger partial charge in [-0.1, -0.05) is 17.7 Å². The second-order valence-electron chi connectivity index (χ2n) is 5.92. The lowest BCUT2D eigenvalue weighted by molar-refractivity contribution is 0.153. The molecule has 1 fully saturated rings. The number of hydrogen-bond donors (Lipinski definition) is 0. The van der Waals surface area contributed by atoms with E-state index in [0.717, 1.165) is 30.2 Å². The van der Waals surface area contributed by atoms with Crippen LogP contribution in [0, 0.1) is 6.92 Å². The Hall–Kier alpha value is -0.770. The highest BCUT2D eigenvalue weighted by molar-refractivity contribution is 6.32. The molecule has 1 aromatic rings. The van der Waals surface area contributed by atoms with E-state index in [4.69, 9.17) is 16.3 Å². The first kappa shape index (κ1) is 16.6. The lowest BCUT2D eigenvalue weighted by atomic mass is 10.1. The summed E-state index contributed by atoms with van der Waals surface area (Å²) in [5.41, 5.74) is 2.45. The van der Waals surface area contributed by atoms with Gasteiger partial charge in [-0.25, -0.2) is 0 Å². The van der Waals surface area contributed by atoms with Crippen LogP contribution in [0.15, 0.2) is 12.1 Å². The fourth-order valence-electron chi connectivity index (χ4n) is 2.86. The molecule has 0 aliphatic carbocycles. The molecule has 1 heterocycles. The molecule has 4 heteroatoms. The van der Waals surface area contributed by atoms with Crippen molar-refractivity contribution in [1.82, 2.24) is 9.80 Å². The molecule has 1 saturated heterocycles. The van der Waals surface area contributed by atoms with Crippen LogP contribution in [0.1, 0.15) is 24.5 Å². The smallest absolute Gasteiger partial charge is 0.141 e. The molecule has 0 N–H and O–H groups in total. The highest BCUT2D eigenvalue weighted by atomic mass is 35.5. The Morgan fingerprint density at radius 3 is 2.57 bits per heavy atom. The highest BCUT2D eigenvalue weighted by Gasteiger charge is 2.14. The highest BCUT2D eigenvalue weighted by Crippen LogP contribution is 2.31. The van der Waals surface area contributed by atoms with Crippen LogP contribution in [-0.2, 0) is 6.42 Å². The van der Waals surface area contributed by atoms with Gasteiger partial charge in [0.05, 0.1) is 11.6 Å². The Bertz CT molecular complexity index is 456. The molecule has 118 valence electrons. The molecule has 0 amide bonds. The zero-order chi connectivity index (χ0) is 15.2. The zero-order valence-electron chi connectivity index (χ0n) is 13.5. The molecular weight excluding hydrogens is 284 g/mol. The van der Waals surface area contributed by atoms with Crippen LogP contribution >= 0.6 is 11.6 Å². The zero-order valence-corrected chi connectivity index (χ0v) is 14.2. The molecule has 0 atom stereocenters. The monoisotopic (exact) mass is 310 g/mol. The topological polar surface area (TPSA) is 15.7 Å². The number of piperazine rings is 1. The number of nitrogens with zero attached hydrogens (tertiary/aromatic N) is 2. The van der Waals surface area contributed by atoms with Crippen molar-refractivity contribution in [3.05, 3.63) is 28.3 Å². The lowest BCUT2D eigenvalue weighted by Gasteiger charge is -2.32. The average molecular weight is 311 g/mol. The Labute approximate surface area is 133 Å². The summed E-state index contributed by atoms with van der Waals surface area (Å²) in [6, 6.07) is 4.19. The predicted octanol–water partition coefficient (Wildman–Crippen LogP) is 3.23. The summed E-state index contributed by atoms with van der Waals surface area (Å²) < 4.78 is 5.73. The summed E-state index contributed by atoms with van der Waals surface area (Å²) >= 11 is 6.32. The van der Waals surface area contributed by atoms with E-state index in [9.17, 15) is 0 Å². The minimum absolute atomic E-state index is 0.661. The van der Waals surface area contributed by atoms with Crippen molar-refractivity contribution in [3.63, 3.8) is 0 Å². The van der Waals surface area contributed by atoms with Crippen molar-refractivity contribution in [2.45, 2.75) is 26.7 Å². The Kier molecular flexibility index (Phi) is 6.34. The van der Waals surface area contributed by atoms with E-state index in [1.165, 1.54) is 37.3 Å². The standard InChI is InChI=1S/C17H27ClN2O/c1-4-21-17-15(12-14(2)13-16(17)18)6-5-7-20-10-8-19(3)9-11-20/h12-13H,4-11H2,1-3H3. The Morgan fingerprint density at radius 1 is 1.19 bits per heavy atom. The van der Waals surface area contributed by atoms with Crippen molar-refractivity contribution in [2.75, 3.05) is 46.4 Å². The van der Waals surface area contributed by atoms with E-state index in [0.29, 0.717) is 6.61 Å². The first-order chi connectivity index (χ1) is 10.1. The number of benzene rings is 1. The second-order valence-corrected chi connectivity index (χ2v) is 6.32. The Morgan fingerprint density at radius 2 is 1.90 bits per heavy atom. The summed E-state index contributed by atoms with van der Waals surface area (Å²) in [6.07, 6.45) is 2.19. The minimum Gasteiger partial charge on any atom is -0.492 e. The second kappa shape index (κ2) is 8.02. The van der Waals surface area contributed by atoms with Gasteiger partial charge in [0.2, 0.25) is 0 Å². The molecule has 0 spiro atoms. The summed E-state index contributed by atoms with van der Waals surface area (Å²) in [6.45, 7) is 10.6. The van der Waals surface area contributed by atoms with E-state index >= 15 is 0 Å². The van der Waals surface area contributed by atoms with Crippen molar-refractivity contribution in [3.8, 4) is 5.75 Å². The fourth-order valence-corrected chi connectivity index (χ4v) is 3.21. The molecule has 0 aromatic heterocycles. The molecule has 1 aliphatic rings. The van der Waals surface area contributed by atoms with Crippen LogP contribution < -0.4 is 4.74 Å².